The van der Waals surface area contributed by atoms with Crippen molar-refractivity contribution in [3.05, 3.63) is 65.7 Å². The van der Waals surface area contributed by atoms with E-state index >= 15 is 0 Å². The molecule has 0 bridgehead atoms. The van der Waals surface area contributed by atoms with E-state index in [9.17, 15) is 14.4 Å². The summed E-state index contributed by atoms with van der Waals surface area (Å²) in [6.07, 6.45) is 2.72. The Morgan fingerprint density at radius 3 is 2.34 bits per heavy atom. The Labute approximate surface area is 170 Å². The van der Waals surface area contributed by atoms with E-state index in [1.165, 1.54) is 4.90 Å². The Balaban J connectivity index is 1.53. The van der Waals surface area contributed by atoms with Crippen molar-refractivity contribution >= 4 is 23.3 Å². The maximum absolute atomic E-state index is 13.5. The molecule has 0 N–H and O–H groups in total. The van der Waals surface area contributed by atoms with Crippen LogP contribution in [0, 0.1) is 11.8 Å². The number of carbonyl (C=O) groups is 3. The fourth-order valence-electron chi connectivity index (χ4n) is 5.42. The number of rotatable bonds is 4. The summed E-state index contributed by atoms with van der Waals surface area (Å²) in [5.74, 6) is -1.44. The summed E-state index contributed by atoms with van der Waals surface area (Å²) in [5, 5.41) is 0. The van der Waals surface area contributed by atoms with Crippen LogP contribution in [0.25, 0.3) is 0 Å². The third kappa shape index (κ3) is 2.68. The summed E-state index contributed by atoms with van der Waals surface area (Å²) in [5.41, 5.74) is 2.38. The minimum atomic E-state index is -0.591. The first-order valence-electron chi connectivity index (χ1n) is 10.4. The van der Waals surface area contributed by atoms with Crippen molar-refractivity contribution in [3.63, 3.8) is 0 Å². The van der Waals surface area contributed by atoms with E-state index in [0.717, 1.165) is 31.4 Å². The standard InChI is InChI=1S/C24H24N2O3/c1-2-15-10-12-17(13-11-15)26-23(28)19-18-9-6-14-25(18)21(20(19)24(26)29)22(27)16-7-4-3-5-8-16/h3-5,7-8,10-13,18-21H,2,6,9,14H2,1H3/t18-,19+,20+,21+/m1/s1. The van der Waals surface area contributed by atoms with Gasteiger partial charge in [0.1, 0.15) is 0 Å². The summed E-state index contributed by atoms with van der Waals surface area (Å²) in [4.78, 5) is 43.7. The van der Waals surface area contributed by atoms with Gasteiger partial charge in [-0.15, -0.1) is 0 Å². The molecule has 3 saturated heterocycles. The molecule has 0 spiro atoms. The first kappa shape index (κ1) is 18.3. The van der Waals surface area contributed by atoms with Crippen molar-refractivity contribution in [2.75, 3.05) is 11.4 Å². The smallest absolute Gasteiger partial charge is 0.239 e. The summed E-state index contributed by atoms with van der Waals surface area (Å²) < 4.78 is 0. The number of Topliss-reactive ketones (excluding diaryl/α,β-unsaturated/α-hetero) is 1. The molecular formula is C24H24N2O3. The van der Waals surface area contributed by atoms with E-state index in [4.69, 9.17) is 0 Å². The van der Waals surface area contributed by atoms with Gasteiger partial charge in [-0.05, 0) is 43.5 Å². The summed E-state index contributed by atoms with van der Waals surface area (Å²) in [6, 6.07) is 16.2. The molecule has 0 aliphatic carbocycles. The van der Waals surface area contributed by atoms with E-state index in [0.29, 0.717) is 11.3 Å². The van der Waals surface area contributed by atoms with Crippen LogP contribution in [0.2, 0.25) is 0 Å². The predicted molar refractivity (Wildman–Crippen MR) is 110 cm³/mol. The van der Waals surface area contributed by atoms with Crippen molar-refractivity contribution in [3.8, 4) is 0 Å². The lowest BCUT2D eigenvalue weighted by Crippen LogP contribution is -2.46. The zero-order valence-corrected chi connectivity index (χ0v) is 16.5. The van der Waals surface area contributed by atoms with Crippen LogP contribution >= 0.6 is 0 Å². The molecule has 2 amide bonds. The fourth-order valence-corrected chi connectivity index (χ4v) is 5.42. The number of fused-ring (bicyclic) bond motifs is 3. The molecule has 5 rings (SSSR count). The number of anilines is 1. The molecule has 29 heavy (non-hydrogen) atoms. The highest BCUT2D eigenvalue weighted by Gasteiger charge is 2.64. The number of hydrogen-bond acceptors (Lipinski definition) is 4. The second-order valence-electron chi connectivity index (χ2n) is 8.21. The first-order chi connectivity index (χ1) is 14.1. The number of hydrogen-bond donors (Lipinski definition) is 0. The summed E-state index contributed by atoms with van der Waals surface area (Å²) in [7, 11) is 0. The van der Waals surface area contributed by atoms with Gasteiger partial charge in [0.2, 0.25) is 11.8 Å². The van der Waals surface area contributed by atoms with Crippen LogP contribution in [0.1, 0.15) is 35.7 Å². The molecule has 2 aromatic carbocycles. The topological polar surface area (TPSA) is 57.7 Å². The van der Waals surface area contributed by atoms with Crippen LogP contribution in [0.4, 0.5) is 5.69 Å². The zero-order valence-electron chi connectivity index (χ0n) is 16.5. The molecule has 4 atom stereocenters. The highest BCUT2D eigenvalue weighted by Crippen LogP contribution is 2.48. The minimum Gasteiger partial charge on any atom is -0.292 e. The van der Waals surface area contributed by atoms with Gasteiger partial charge in [0.15, 0.2) is 5.78 Å². The molecular weight excluding hydrogens is 364 g/mol. The van der Waals surface area contributed by atoms with Crippen LogP contribution in [-0.4, -0.2) is 41.1 Å². The largest absolute Gasteiger partial charge is 0.292 e. The average molecular weight is 388 g/mol. The zero-order chi connectivity index (χ0) is 20.1. The Morgan fingerprint density at radius 1 is 0.966 bits per heavy atom. The van der Waals surface area contributed by atoms with Crippen LogP contribution in [0.15, 0.2) is 54.6 Å². The lowest BCUT2D eigenvalue weighted by Gasteiger charge is -2.27. The fraction of sp³-hybridized carbons (Fsp3) is 0.375. The highest BCUT2D eigenvalue weighted by molar-refractivity contribution is 6.24. The lowest BCUT2D eigenvalue weighted by atomic mass is 9.85. The predicted octanol–water partition coefficient (Wildman–Crippen LogP) is 3.08. The van der Waals surface area contributed by atoms with Gasteiger partial charge in [0, 0.05) is 11.6 Å². The molecule has 5 nitrogen and oxygen atoms in total. The van der Waals surface area contributed by atoms with E-state index in [1.54, 1.807) is 12.1 Å². The Bertz CT molecular complexity index is 969. The lowest BCUT2D eigenvalue weighted by molar-refractivity contribution is -0.123. The van der Waals surface area contributed by atoms with Crippen molar-refractivity contribution in [2.45, 2.75) is 38.3 Å². The maximum atomic E-state index is 13.5. The molecule has 3 fully saturated rings. The monoisotopic (exact) mass is 388 g/mol. The van der Waals surface area contributed by atoms with Crippen molar-refractivity contribution in [2.24, 2.45) is 11.8 Å². The number of imide groups is 1. The summed E-state index contributed by atoms with van der Waals surface area (Å²) >= 11 is 0. The van der Waals surface area contributed by atoms with Crippen molar-refractivity contribution in [1.82, 2.24) is 4.90 Å². The quantitative estimate of drug-likeness (QED) is 0.597. The molecule has 2 aromatic rings. The average Bonchev–Trinajstić information content (AvgIpc) is 3.40. The molecule has 3 aliphatic heterocycles. The summed E-state index contributed by atoms with van der Waals surface area (Å²) in [6.45, 7) is 2.84. The number of amides is 2. The number of nitrogens with zero attached hydrogens (tertiary/aromatic N) is 2. The molecule has 0 unspecified atom stereocenters. The number of carbonyl (C=O) groups excluding carboxylic acids is 3. The second-order valence-corrected chi connectivity index (χ2v) is 8.21. The number of benzene rings is 2. The molecule has 0 saturated carbocycles. The van der Waals surface area contributed by atoms with E-state index in [1.807, 2.05) is 42.5 Å². The van der Waals surface area contributed by atoms with Gasteiger partial charge in [0.25, 0.3) is 0 Å². The Morgan fingerprint density at radius 2 is 1.66 bits per heavy atom. The minimum absolute atomic E-state index is 0.0194. The van der Waals surface area contributed by atoms with Gasteiger partial charge in [-0.1, -0.05) is 49.4 Å². The van der Waals surface area contributed by atoms with E-state index in [-0.39, 0.29) is 23.6 Å². The third-order valence-electron chi connectivity index (χ3n) is 6.78. The van der Waals surface area contributed by atoms with Crippen LogP contribution in [0.3, 0.4) is 0 Å². The Kier molecular flexibility index (Phi) is 4.36. The molecule has 3 aliphatic rings. The van der Waals surface area contributed by atoms with Crippen LogP contribution < -0.4 is 4.90 Å². The van der Waals surface area contributed by atoms with Gasteiger partial charge in [-0.2, -0.15) is 0 Å². The van der Waals surface area contributed by atoms with Crippen molar-refractivity contribution in [1.29, 1.82) is 0 Å². The maximum Gasteiger partial charge on any atom is 0.239 e. The molecule has 3 heterocycles. The Hall–Kier alpha value is -2.79. The number of aryl methyl sites for hydroxylation is 1. The number of ketones is 1. The molecule has 0 radical (unpaired) electrons. The van der Waals surface area contributed by atoms with Crippen molar-refractivity contribution < 1.29 is 14.4 Å². The van der Waals surface area contributed by atoms with Crippen LogP contribution in [0.5, 0.6) is 0 Å². The SMILES string of the molecule is CCc1ccc(N2C(=O)[C@@H]3[C@H](C2=O)[C@@H](C(=O)c2ccccc2)N2CCC[C@H]32)cc1. The normalized spacial score (nSPS) is 28.7. The van der Waals surface area contributed by atoms with Gasteiger partial charge < -0.3 is 0 Å². The van der Waals surface area contributed by atoms with Gasteiger partial charge >= 0.3 is 0 Å². The third-order valence-corrected chi connectivity index (χ3v) is 6.78. The van der Waals surface area contributed by atoms with Gasteiger partial charge in [-0.25, -0.2) is 4.90 Å². The molecule has 148 valence electrons. The second kappa shape index (κ2) is 6.92. The van der Waals surface area contributed by atoms with Gasteiger partial charge in [0.05, 0.1) is 23.6 Å². The highest BCUT2D eigenvalue weighted by atomic mass is 16.2. The first-order valence-corrected chi connectivity index (χ1v) is 10.4. The van der Waals surface area contributed by atoms with Gasteiger partial charge in [-0.3, -0.25) is 19.3 Å². The van der Waals surface area contributed by atoms with Crippen LogP contribution in [-0.2, 0) is 16.0 Å². The van der Waals surface area contributed by atoms with E-state index < -0.39 is 17.9 Å². The van der Waals surface area contributed by atoms with E-state index in [2.05, 4.69) is 11.8 Å². The molecule has 5 heteroatoms. The molecule has 0 aromatic heterocycles.